The molecule has 1 aliphatic carbocycles. The minimum Gasteiger partial charge on any atom is -0.475 e. The van der Waals surface area contributed by atoms with Crippen LogP contribution in [0.4, 0.5) is 0 Å². The molecule has 0 aliphatic heterocycles. The predicted octanol–water partition coefficient (Wildman–Crippen LogP) is 3.89. The van der Waals surface area contributed by atoms with Crippen LogP contribution in [0.1, 0.15) is 56.7 Å². The molecule has 1 fully saturated rings. The lowest BCUT2D eigenvalue weighted by molar-refractivity contribution is 0.314. The van der Waals surface area contributed by atoms with Gasteiger partial charge in [0.1, 0.15) is 5.69 Å². The van der Waals surface area contributed by atoms with Crippen LogP contribution in [0, 0.1) is 0 Å². The Labute approximate surface area is 158 Å². The van der Waals surface area contributed by atoms with E-state index in [0.29, 0.717) is 29.9 Å². The van der Waals surface area contributed by atoms with Gasteiger partial charge in [0.15, 0.2) is 5.76 Å². The van der Waals surface area contributed by atoms with Crippen LogP contribution in [0.15, 0.2) is 35.7 Å². The van der Waals surface area contributed by atoms with E-state index in [0.717, 1.165) is 43.0 Å². The maximum Gasteiger partial charge on any atom is 0.259 e. The van der Waals surface area contributed by atoms with Gasteiger partial charge in [-0.15, -0.1) is 6.58 Å². The van der Waals surface area contributed by atoms with E-state index in [9.17, 15) is 0 Å². The number of hydrogen-bond donors (Lipinski definition) is 1. The van der Waals surface area contributed by atoms with Crippen LogP contribution in [0.2, 0.25) is 0 Å². The number of aromatic nitrogens is 4. The monoisotopic (exact) mass is 367 g/mol. The smallest absolute Gasteiger partial charge is 0.259 e. The molecule has 0 unspecified atom stereocenters. The highest BCUT2D eigenvalue weighted by atomic mass is 16.5. The van der Waals surface area contributed by atoms with Gasteiger partial charge in [-0.25, -0.2) is 15.0 Å². The molecule has 3 aromatic heterocycles. The van der Waals surface area contributed by atoms with Crippen LogP contribution >= 0.6 is 0 Å². The summed E-state index contributed by atoms with van der Waals surface area (Å²) in [6.07, 6.45) is 10.4. The van der Waals surface area contributed by atoms with Gasteiger partial charge >= 0.3 is 0 Å². The number of oxazole rings is 1. The third-order valence-corrected chi connectivity index (χ3v) is 4.65. The zero-order valence-corrected chi connectivity index (χ0v) is 15.8. The summed E-state index contributed by atoms with van der Waals surface area (Å²) in [7, 11) is 0. The highest BCUT2D eigenvalue weighted by Gasteiger charge is 2.33. The maximum absolute atomic E-state index is 6.18. The number of ether oxygens (including phenoxy) is 1. The molecule has 0 spiro atoms. The zero-order valence-electron chi connectivity index (χ0n) is 15.8. The average Bonchev–Trinajstić information content (AvgIpc) is 3.23. The number of imidazole rings is 1. The van der Waals surface area contributed by atoms with E-state index < -0.39 is 0 Å². The Morgan fingerprint density at radius 1 is 1.44 bits per heavy atom. The molecule has 0 saturated heterocycles. The third kappa shape index (κ3) is 3.60. The summed E-state index contributed by atoms with van der Waals surface area (Å²) < 4.78 is 13.9. The minimum atomic E-state index is 0.0570. The molecule has 3 heterocycles. The fourth-order valence-corrected chi connectivity index (χ4v) is 3.09. The summed E-state index contributed by atoms with van der Waals surface area (Å²) in [5.41, 5.74) is 2.41. The van der Waals surface area contributed by atoms with E-state index in [-0.39, 0.29) is 6.04 Å². The quantitative estimate of drug-likeness (QED) is 0.457. The first-order chi connectivity index (χ1) is 13.2. The summed E-state index contributed by atoms with van der Waals surface area (Å²) in [5, 5.41) is 3.36. The van der Waals surface area contributed by atoms with Crippen molar-refractivity contribution < 1.29 is 9.15 Å². The first-order valence-corrected chi connectivity index (χ1v) is 9.53. The van der Waals surface area contributed by atoms with Crippen LogP contribution in [-0.4, -0.2) is 32.5 Å². The number of hydrogen-bond acceptors (Lipinski definition) is 6. The number of nitrogens with one attached hydrogen (secondary N) is 1. The largest absolute Gasteiger partial charge is 0.475 e. The summed E-state index contributed by atoms with van der Waals surface area (Å²) >= 11 is 0. The highest BCUT2D eigenvalue weighted by molar-refractivity contribution is 5.61. The standard InChI is InChI=1S/C20H25N5O2/c1-4-6-11-26-20-18-22-9-10-25(18)12-15(23-20)17-16(14-7-8-14)24-19(27-17)13(3)21-5-2/h4,9-10,12-14,21H,1,5-8,11H2,2-3H3/t13-/m1/s1. The molecule has 4 rings (SSSR count). The molecule has 7 heteroatoms. The molecule has 7 nitrogen and oxygen atoms in total. The third-order valence-electron chi connectivity index (χ3n) is 4.65. The summed E-state index contributed by atoms with van der Waals surface area (Å²) in [6.45, 7) is 9.24. The van der Waals surface area contributed by atoms with Crippen molar-refractivity contribution in [3.63, 3.8) is 0 Å². The van der Waals surface area contributed by atoms with Crippen LogP contribution in [0.25, 0.3) is 17.1 Å². The second-order valence-corrected chi connectivity index (χ2v) is 6.84. The van der Waals surface area contributed by atoms with Crippen molar-refractivity contribution >= 4 is 5.65 Å². The first-order valence-electron chi connectivity index (χ1n) is 9.53. The minimum absolute atomic E-state index is 0.0570. The fraction of sp³-hybridized carbons (Fsp3) is 0.450. The Bertz CT molecular complexity index is 941. The number of nitrogens with zero attached hydrogens (tertiary/aromatic N) is 4. The van der Waals surface area contributed by atoms with Crippen molar-refractivity contribution in [1.82, 2.24) is 24.7 Å². The highest BCUT2D eigenvalue weighted by Crippen LogP contribution is 2.44. The second-order valence-electron chi connectivity index (χ2n) is 6.84. The molecule has 3 aromatic rings. The lowest BCUT2D eigenvalue weighted by Gasteiger charge is -2.08. The van der Waals surface area contributed by atoms with Gasteiger partial charge in [0.05, 0.1) is 18.3 Å². The van der Waals surface area contributed by atoms with Crippen LogP contribution in [0.3, 0.4) is 0 Å². The molecule has 1 aliphatic rings. The molecule has 1 N–H and O–H groups in total. The van der Waals surface area contributed by atoms with Gasteiger partial charge in [0.25, 0.3) is 5.88 Å². The van der Waals surface area contributed by atoms with Gasteiger partial charge in [-0.05, 0) is 32.7 Å². The number of fused-ring (bicyclic) bond motifs is 1. The zero-order chi connectivity index (χ0) is 18.8. The van der Waals surface area contributed by atoms with Crippen molar-refractivity contribution in [2.24, 2.45) is 0 Å². The molecule has 0 radical (unpaired) electrons. The molecule has 142 valence electrons. The summed E-state index contributed by atoms with van der Waals surface area (Å²) in [6, 6.07) is 0.0570. The van der Waals surface area contributed by atoms with Gasteiger partial charge in [-0.3, -0.25) is 0 Å². The van der Waals surface area contributed by atoms with Crippen LogP contribution in [-0.2, 0) is 0 Å². The van der Waals surface area contributed by atoms with E-state index in [2.05, 4.69) is 30.7 Å². The van der Waals surface area contributed by atoms with Gasteiger partial charge in [0, 0.05) is 24.5 Å². The first kappa shape index (κ1) is 17.7. The number of rotatable bonds is 9. The molecular formula is C20H25N5O2. The molecule has 0 amide bonds. The summed E-state index contributed by atoms with van der Waals surface area (Å²) in [4.78, 5) is 13.9. The Morgan fingerprint density at radius 2 is 2.30 bits per heavy atom. The molecule has 1 atom stereocenters. The maximum atomic E-state index is 6.18. The van der Waals surface area contributed by atoms with E-state index in [1.54, 1.807) is 6.20 Å². The van der Waals surface area contributed by atoms with Crippen molar-refractivity contribution in [1.29, 1.82) is 0 Å². The lowest BCUT2D eigenvalue weighted by Crippen LogP contribution is -2.17. The van der Waals surface area contributed by atoms with E-state index in [1.807, 2.05) is 22.9 Å². The molecule has 27 heavy (non-hydrogen) atoms. The van der Waals surface area contributed by atoms with E-state index in [4.69, 9.17) is 19.1 Å². The van der Waals surface area contributed by atoms with Crippen molar-refractivity contribution in [2.45, 2.75) is 45.1 Å². The normalized spacial score (nSPS) is 15.2. The fourth-order valence-electron chi connectivity index (χ4n) is 3.09. The lowest BCUT2D eigenvalue weighted by atomic mass is 10.2. The Morgan fingerprint density at radius 3 is 3.04 bits per heavy atom. The van der Waals surface area contributed by atoms with Crippen molar-refractivity contribution in [3.05, 3.63) is 42.8 Å². The van der Waals surface area contributed by atoms with Crippen molar-refractivity contribution in [3.8, 4) is 17.3 Å². The van der Waals surface area contributed by atoms with Gasteiger partial charge < -0.3 is 18.9 Å². The Kier molecular flexibility index (Phi) is 4.94. The van der Waals surface area contributed by atoms with Gasteiger partial charge in [-0.2, -0.15) is 0 Å². The van der Waals surface area contributed by atoms with Gasteiger partial charge in [0.2, 0.25) is 11.5 Å². The summed E-state index contributed by atoms with van der Waals surface area (Å²) in [5.74, 6) is 2.40. The molecule has 1 saturated carbocycles. The van der Waals surface area contributed by atoms with E-state index >= 15 is 0 Å². The Balaban J connectivity index is 1.75. The molecule has 0 bridgehead atoms. The average molecular weight is 367 g/mol. The second kappa shape index (κ2) is 7.52. The van der Waals surface area contributed by atoms with Crippen molar-refractivity contribution in [2.75, 3.05) is 13.2 Å². The van der Waals surface area contributed by atoms with Crippen LogP contribution in [0.5, 0.6) is 5.88 Å². The Hall–Kier alpha value is -2.67. The molecule has 0 aromatic carbocycles. The topological polar surface area (TPSA) is 77.5 Å². The van der Waals surface area contributed by atoms with E-state index in [1.165, 1.54) is 0 Å². The van der Waals surface area contributed by atoms with Crippen LogP contribution < -0.4 is 10.1 Å². The predicted molar refractivity (Wildman–Crippen MR) is 103 cm³/mol. The molecular weight excluding hydrogens is 342 g/mol. The van der Waals surface area contributed by atoms with Gasteiger partial charge in [-0.1, -0.05) is 13.0 Å². The SMILES string of the molecule is C=CCCOc1nc(-c2oc([C@@H](C)NCC)nc2C2CC2)cn2ccnc12.